The molecule has 0 aromatic heterocycles. The van der Waals surface area contributed by atoms with Gasteiger partial charge in [-0.3, -0.25) is 9.59 Å². The molecule has 1 fully saturated rings. The number of rotatable bonds is 6. The number of hydrogen-bond donors (Lipinski definition) is 1. The Kier molecular flexibility index (Phi) is 5.82. The molecule has 1 aliphatic heterocycles. The molecule has 1 aromatic rings. The van der Waals surface area contributed by atoms with Gasteiger partial charge in [-0.05, 0) is 42.9 Å². The molecule has 1 saturated carbocycles. The van der Waals surface area contributed by atoms with E-state index in [-0.39, 0.29) is 23.9 Å². The standard InChI is InChI=1S/C19H26N2O2S/c1-24-12-11-17(18(22)20-15-8-3-2-4-9-15)21-13-14-7-5-6-10-16(14)19(21)23/h5-7,10,15,17H,2-4,8-9,11-13H2,1H3,(H,20,22)/t17-/m0/s1. The predicted octanol–water partition coefficient (Wildman–Crippen LogP) is 3.21. The van der Waals surface area contributed by atoms with Crippen LogP contribution in [0.3, 0.4) is 0 Å². The molecule has 0 radical (unpaired) electrons. The lowest BCUT2D eigenvalue weighted by molar-refractivity contribution is -0.126. The lowest BCUT2D eigenvalue weighted by Gasteiger charge is -2.30. The van der Waals surface area contributed by atoms with Crippen molar-refractivity contribution in [1.82, 2.24) is 10.2 Å². The highest BCUT2D eigenvalue weighted by Gasteiger charge is 2.36. The van der Waals surface area contributed by atoms with Crippen LogP contribution in [0.25, 0.3) is 0 Å². The van der Waals surface area contributed by atoms with E-state index < -0.39 is 0 Å². The van der Waals surface area contributed by atoms with Gasteiger partial charge in [0.15, 0.2) is 0 Å². The van der Waals surface area contributed by atoms with Crippen molar-refractivity contribution in [1.29, 1.82) is 0 Å². The second-order valence-electron chi connectivity index (χ2n) is 6.73. The fraction of sp³-hybridized carbons (Fsp3) is 0.579. The Bertz CT molecular complexity index is 599. The topological polar surface area (TPSA) is 49.4 Å². The highest BCUT2D eigenvalue weighted by molar-refractivity contribution is 7.98. The van der Waals surface area contributed by atoms with Gasteiger partial charge in [0.05, 0.1) is 0 Å². The number of carbonyl (C=O) groups is 2. The van der Waals surface area contributed by atoms with Crippen molar-refractivity contribution in [3.8, 4) is 0 Å². The van der Waals surface area contributed by atoms with Crippen molar-refractivity contribution in [2.45, 2.75) is 57.2 Å². The molecule has 24 heavy (non-hydrogen) atoms. The van der Waals surface area contributed by atoms with Gasteiger partial charge in [0, 0.05) is 18.2 Å². The maximum atomic E-state index is 12.9. The van der Waals surface area contributed by atoms with Gasteiger partial charge in [0.2, 0.25) is 5.91 Å². The lowest BCUT2D eigenvalue weighted by atomic mass is 9.95. The Labute approximate surface area is 148 Å². The van der Waals surface area contributed by atoms with Crippen molar-refractivity contribution in [2.75, 3.05) is 12.0 Å². The number of carbonyl (C=O) groups excluding carboxylic acids is 2. The predicted molar refractivity (Wildman–Crippen MR) is 98.1 cm³/mol. The normalized spacial score (nSPS) is 19.2. The molecular weight excluding hydrogens is 320 g/mol. The molecule has 1 aliphatic carbocycles. The van der Waals surface area contributed by atoms with E-state index in [0.717, 1.165) is 29.7 Å². The molecular formula is C19H26N2O2S. The summed E-state index contributed by atoms with van der Waals surface area (Å²) in [4.78, 5) is 27.4. The molecule has 1 aromatic carbocycles. The lowest BCUT2D eigenvalue weighted by Crippen LogP contribution is -2.50. The van der Waals surface area contributed by atoms with Gasteiger partial charge in [0.25, 0.3) is 5.91 Å². The largest absolute Gasteiger partial charge is 0.352 e. The third-order valence-corrected chi connectivity index (χ3v) is 5.72. The first-order chi connectivity index (χ1) is 11.7. The molecule has 0 saturated heterocycles. The quantitative estimate of drug-likeness (QED) is 0.860. The Morgan fingerprint density at radius 2 is 2.04 bits per heavy atom. The second-order valence-corrected chi connectivity index (χ2v) is 7.72. The highest BCUT2D eigenvalue weighted by Crippen LogP contribution is 2.26. The summed E-state index contributed by atoms with van der Waals surface area (Å²) in [6.07, 6.45) is 8.52. The Balaban J connectivity index is 1.72. The molecule has 5 heteroatoms. The number of nitrogens with zero attached hydrogens (tertiary/aromatic N) is 1. The summed E-state index contributed by atoms with van der Waals surface area (Å²) in [5.74, 6) is 0.899. The van der Waals surface area contributed by atoms with Gasteiger partial charge >= 0.3 is 0 Å². The van der Waals surface area contributed by atoms with Crippen molar-refractivity contribution < 1.29 is 9.59 Å². The Hall–Kier alpha value is -1.49. The minimum Gasteiger partial charge on any atom is -0.352 e. The van der Waals surface area contributed by atoms with Crippen LogP contribution in [-0.4, -0.2) is 40.8 Å². The van der Waals surface area contributed by atoms with Crippen LogP contribution < -0.4 is 5.32 Å². The van der Waals surface area contributed by atoms with Crippen LogP contribution >= 0.6 is 11.8 Å². The van der Waals surface area contributed by atoms with Crippen molar-refractivity contribution >= 4 is 23.6 Å². The number of fused-ring (bicyclic) bond motifs is 1. The van der Waals surface area contributed by atoms with E-state index in [1.807, 2.05) is 30.5 Å². The van der Waals surface area contributed by atoms with E-state index in [2.05, 4.69) is 5.32 Å². The molecule has 0 spiro atoms. The van der Waals surface area contributed by atoms with Gasteiger partial charge in [-0.15, -0.1) is 0 Å². The fourth-order valence-corrected chi connectivity index (χ4v) is 4.19. The van der Waals surface area contributed by atoms with Gasteiger partial charge in [0.1, 0.15) is 6.04 Å². The van der Waals surface area contributed by atoms with Crippen LogP contribution in [0.5, 0.6) is 0 Å². The molecule has 4 nitrogen and oxygen atoms in total. The summed E-state index contributed by atoms with van der Waals surface area (Å²) in [7, 11) is 0. The average Bonchev–Trinajstić information content (AvgIpc) is 2.93. The number of amides is 2. The highest BCUT2D eigenvalue weighted by atomic mass is 32.2. The average molecular weight is 346 g/mol. The Morgan fingerprint density at radius 3 is 2.75 bits per heavy atom. The SMILES string of the molecule is CSCC[C@@H](C(=O)NC1CCCCC1)N1Cc2ccccc2C1=O. The maximum Gasteiger partial charge on any atom is 0.255 e. The molecule has 0 unspecified atom stereocenters. The van der Waals surface area contributed by atoms with Gasteiger partial charge in [-0.25, -0.2) is 0 Å². The summed E-state index contributed by atoms with van der Waals surface area (Å²) in [5, 5.41) is 3.21. The zero-order chi connectivity index (χ0) is 16.9. The summed E-state index contributed by atoms with van der Waals surface area (Å²) in [6, 6.07) is 7.61. The van der Waals surface area contributed by atoms with Crippen LogP contribution in [0.15, 0.2) is 24.3 Å². The smallest absolute Gasteiger partial charge is 0.255 e. The zero-order valence-corrected chi connectivity index (χ0v) is 15.1. The molecule has 130 valence electrons. The number of thioether (sulfide) groups is 1. The first kappa shape index (κ1) is 17.3. The monoisotopic (exact) mass is 346 g/mol. The van der Waals surface area contributed by atoms with Crippen LogP contribution in [0.4, 0.5) is 0 Å². The molecule has 0 bridgehead atoms. The Morgan fingerprint density at radius 1 is 1.29 bits per heavy atom. The summed E-state index contributed by atoms with van der Waals surface area (Å²) < 4.78 is 0. The molecule has 1 atom stereocenters. The van der Waals surface area contributed by atoms with Crippen molar-refractivity contribution in [2.24, 2.45) is 0 Å². The van der Waals surface area contributed by atoms with E-state index in [4.69, 9.17) is 0 Å². The third kappa shape index (κ3) is 3.77. The molecule has 3 rings (SSSR count). The maximum absolute atomic E-state index is 12.9. The van der Waals surface area contributed by atoms with E-state index in [1.165, 1.54) is 19.3 Å². The number of nitrogens with one attached hydrogen (secondary N) is 1. The summed E-state index contributed by atoms with van der Waals surface area (Å²) >= 11 is 1.72. The first-order valence-corrected chi connectivity index (χ1v) is 10.3. The van der Waals surface area contributed by atoms with Gasteiger partial charge < -0.3 is 10.2 Å². The molecule has 2 aliphatic rings. The van der Waals surface area contributed by atoms with E-state index in [0.29, 0.717) is 13.0 Å². The summed E-state index contributed by atoms with van der Waals surface area (Å²) in [6.45, 7) is 0.548. The van der Waals surface area contributed by atoms with Gasteiger partial charge in [-0.2, -0.15) is 11.8 Å². The fourth-order valence-electron chi connectivity index (χ4n) is 3.73. The molecule has 2 amide bonds. The number of hydrogen-bond acceptors (Lipinski definition) is 3. The van der Waals surface area contributed by atoms with E-state index >= 15 is 0 Å². The van der Waals surface area contributed by atoms with Crippen molar-refractivity contribution in [3.63, 3.8) is 0 Å². The van der Waals surface area contributed by atoms with Crippen LogP contribution in [0, 0.1) is 0 Å². The van der Waals surface area contributed by atoms with Gasteiger partial charge in [-0.1, -0.05) is 37.5 Å². The third-order valence-electron chi connectivity index (χ3n) is 5.08. The zero-order valence-electron chi connectivity index (χ0n) is 14.3. The summed E-state index contributed by atoms with van der Waals surface area (Å²) in [5.41, 5.74) is 1.78. The van der Waals surface area contributed by atoms with Crippen LogP contribution in [0.2, 0.25) is 0 Å². The van der Waals surface area contributed by atoms with Crippen LogP contribution in [0.1, 0.15) is 54.4 Å². The van der Waals surface area contributed by atoms with E-state index in [9.17, 15) is 9.59 Å². The number of benzene rings is 1. The van der Waals surface area contributed by atoms with E-state index in [1.54, 1.807) is 16.7 Å². The second kappa shape index (κ2) is 8.06. The minimum atomic E-state index is -0.362. The minimum absolute atomic E-state index is 0.00417. The molecule has 1 heterocycles. The molecule has 1 N–H and O–H groups in total. The van der Waals surface area contributed by atoms with Crippen LogP contribution in [-0.2, 0) is 11.3 Å². The van der Waals surface area contributed by atoms with Crippen molar-refractivity contribution in [3.05, 3.63) is 35.4 Å². The first-order valence-electron chi connectivity index (χ1n) is 8.89.